The molecule has 18 heavy (non-hydrogen) atoms. The summed E-state index contributed by atoms with van der Waals surface area (Å²) < 4.78 is 0. The van der Waals surface area contributed by atoms with Gasteiger partial charge in [-0.25, -0.2) is 0 Å². The summed E-state index contributed by atoms with van der Waals surface area (Å²) in [5, 5.41) is 3.71. The number of hydrogen-bond donors (Lipinski definition) is 1. The molecular weight excluding hydrogens is 222 g/mol. The van der Waals surface area contributed by atoms with Gasteiger partial charge in [-0.15, -0.1) is 0 Å². The lowest BCUT2D eigenvalue weighted by Gasteiger charge is -2.43. The van der Waals surface area contributed by atoms with E-state index in [4.69, 9.17) is 0 Å². The van der Waals surface area contributed by atoms with E-state index < -0.39 is 0 Å². The van der Waals surface area contributed by atoms with Gasteiger partial charge in [-0.05, 0) is 24.5 Å². The van der Waals surface area contributed by atoms with Crippen LogP contribution in [-0.2, 0) is 0 Å². The molecule has 1 aliphatic heterocycles. The molecule has 3 heteroatoms. The quantitative estimate of drug-likeness (QED) is 0.886. The van der Waals surface area contributed by atoms with Crippen LogP contribution in [0.2, 0.25) is 0 Å². The van der Waals surface area contributed by atoms with Crippen LogP contribution in [0.3, 0.4) is 0 Å². The van der Waals surface area contributed by atoms with Gasteiger partial charge in [0.05, 0.1) is 11.9 Å². The Bertz CT molecular complexity index is 352. The van der Waals surface area contributed by atoms with Crippen LogP contribution in [-0.4, -0.2) is 30.2 Å². The summed E-state index contributed by atoms with van der Waals surface area (Å²) >= 11 is 0. The van der Waals surface area contributed by atoms with Crippen molar-refractivity contribution in [1.82, 2.24) is 10.3 Å². The zero-order chi connectivity index (χ0) is 13.0. The van der Waals surface area contributed by atoms with E-state index in [1.165, 1.54) is 18.5 Å². The fourth-order valence-corrected chi connectivity index (χ4v) is 2.69. The second-order valence-corrected chi connectivity index (χ2v) is 5.33. The summed E-state index contributed by atoms with van der Waals surface area (Å²) in [6, 6.07) is 5.39. The first kappa shape index (κ1) is 13.3. The molecule has 0 saturated carbocycles. The summed E-state index contributed by atoms with van der Waals surface area (Å²) in [7, 11) is 0. The average molecular weight is 247 g/mol. The Morgan fingerprint density at radius 3 is 2.94 bits per heavy atom. The lowest BCUT2D eigenvalue weighted by atomic mass is 9.94. The number of hydrogen-bond acceptors (Lipinski definition) is 3. The largest absolute Gasteiger partial charge is 0.364 e. The number of aromatic nitrogens is 1. The zero-order valence-electron chi connectivity index (χ0n) is 11.8. The fourth-order valence-electron chi connectivity index (χ4n) is 2.69. The van der Waals surface area contributed by atoms with Gasteiger partial charge in [-0.3, -0.25) is 4.98 Å². The standard InChI is InChI=1S/C15H25N3/c1-4-12(3)15-11-18(13(5-2)10-17-15)14-7-6-8-16-9-14/h6-9,12-13,15,17H,4-5,10-11H2,1-3H3. The lowest BCUT2D eigenvalue weighted by molar-refractivity contribution is 0.306. The minimum Gasteiger partial charge on any atom is -0.364 e. The van der Waals surface area contributed by atoms with Crippen molar-refractivity contribution >= 4 is 5.69 Å². The van der Waals surface area contributed by atoms with E-state index in [0.717, 1.165) is 19.0 Å². The molecule has 1 aliphatic rings. The Morgan fingerprint density at radius 1 is 1.50 bits per heavy atom. The average Bonchev–Trinajstić information content (AvgIpc) is 2.46. The van der Waals surface area contributed by atoms with Gasteiger partial charge in [0.2, 0.25) is 0 Å². The minimum atomic E-state index is 0.592. The highest BCUT2D eigenvalue weighted by atomic mass is 15.2. The molecule has 3 nitrogen and oxygen atoms in total. The molecule has 1 aromatic rings. The highest BCUT2D eigenvalue weighted by Gasteiger charge is 2.29. The highest BCUT2D eigenvalue weighted by Crippen LogP contribution is 2.23. The van der Waals surface area contributed by atoms with Crippen LogP contribution in [0.25, 0.3) is 0 Å². The van der Waals surface area contributed by atoms with E-state index in [1.54, 1.807) is 0 Å². The van der Waals surface area contributed by atoms with Gasteiger partial charge in [0.1, 0.15) is 0 Å². The normalized spacial score (nSPS) is 26.1. The Morgan fingerprint density at radius 2 is 2.33 bits per heavy atom. The van der Waals surface area contributed by atoms with Crippen LogP contribution in [0.5, 0.6) is 0 Å². The molecular formula is C15H25N3. The molecule has 0 amide bonds. The Balaban J connectivity index is 2.13. The first-order valence-corrected chi connectivity index (χ1v) is 7.16. The van der Waals surface area contributed by atoms with Gasteiger partial charge >= 0.3 is 0 Å². The zero-order valence-corrected chi connectivity index (χ0v) is 11.8. The molecule has 0 bridgehead atoms. The number of rotatable bonds is 4. The molecule has 1 saturated heterocycles. The number of anilines is 1. The van der Waals surface area contributed by atoms with Gasteiger partial charge in [0.15, 0.2) is 0 Å². The molecule has 1 aromatic heterocycles. The first-order valence-electron chi connectivity index (χ1n) is 7.16. The Hall–Kier alpha value is -1.09. The van der Waals surface area contributed by atoms with Crippen molar-refractivity contribution in [3.05, 3.63) is 24.5 Å². The molecule has 3 atom stereocenters. The third-order valence-electron chi connectivity index (χ3n) is 4.23. The monoisotopic (exact) mass is 247 g/mol. The molecule has 100 valence electrons. The molecule has 2 heterocycles. The maximum absolute atomic E-state index is 4.26. The number of nitrogens with zero attached hydrogens (tertiary/aromatic N) is 2. The number of piperazine rings is 1. The number of nitrogens with one attached hydrogen (secondary N) is 1. The van der Waals surface area contributed by atoms with E-state index in [9.17, 15) is 0 Å². The van der Waals surface area contributed by atoms with E-state index >= 15 is 0 Å². The van der Waals surface area contributed by atoms with Gasteiger partial charge in [0, 0.05) is 31.4 Å². The van der Waals surface area contributed by atoms with Crippen LogP contribution < -0.4 is 10.2 Å². The highest BCUT2D eigenvalue weighted by molar-refractivity contribution is 5.46. The van der Waals surface area contributed by atoms with Crippen molar-refractivity contribution < 1.29 is 0 Å². The maximum Gasteiger partial charge on any atom is 0.0556 e. The third-order valence-corrected chi connectivity index (χ3v) is 4.23. The maximum atomic E-state index is 4.26. The van der Waals surface area contributed by atoms with Crippen LogP contribution in [0, 0.1) is 5.92 Å². The Labute approximate surface area is 111 Å². The molecule has 0 aliphatic carbocycles. The predicted octanol–water partition coefficient (Wildman–Crippen LogP) is 2.68. The van der Waals surface area contributed by atoms with E-state index in [0.29, 0.717) is 12.1 Å². The van der Waals surface area contributed by atoms with Gasteiger partial charge in [0.25, 0.3) is 0 Å². The summed E-state index contributed by atoms with van der Waals surface area (Å²) in [5.74, 6) is 0.724. The molecule has 1 N–H and O–H groups in total. The van der Waals surface area contributed by atoms with E-state index in [-0.39, 0.29) is 0 Å². The van der Waals surface area contributed by atoms with Crippen molar-refractivity contribution in [2.24, 2.45) is 5.92 Å². The van der Waals surface area contributed by atoms with Gasteiger partial charge in [-0.1, -0.05) is 27.2 Å². The molecule has 0 aromatic carbocycles. The summed E-state index contributed by atoms with van der Waals surface area (Å²) in [6.45, 7) is 9.05. The van der Waals surface area contributed by atoms with Crippen LogP contribution in [0.1, 0.15) is 33.6 Å². The van der Waals surface area contributed by atoms with Crippen molar-refractivity contribution in [2.45, 2.75) is 45.7 Å². The SMILES string of the molecule is CCC(C)C1CN(c2cccnc2)C(CC)CN1. The summed E-state index contributed by atoms with van der Waals surface area (Å²) in [6.07, 6.45) is 6.24. The summed E-state index contributed by atoms with van der Waals surface area (Å²) in [4.78, 5) is 6.78. The number of pyridine rings is 1. The first-order chi connectivity index (χ1) is 8.76. The molecule has 3 unspecified atom stereocenters. The third kappa shape index (κ3) is 2.83. The van der Waals surface area contributed by atoms with Crippen molar-refractivity contribution in [2.75, 3.05) is 18.0 Å². The second kappa shape index (κ2) is 6.19. The van der Waals surface area contributed by atoms with E-state index in [1.807, 2.05) is 18.5 Å². The molecule has 1 fully saturated rings. The van der Waals surface area contributed by atoms with Gasteiger partial charge in [-0.2, -0.15) is 0 Å². The van der Waals surface area contributed by atoms with Crippen LogP contribution in [0.4, 0.5) is 5.69 Å². The van der Waals surface area contributed by atoms with Crippen molar-refractivity contribution in [3.63, 3.8) is 0 Å². The van der Waals surface area contributed by atoms with Crippen LogP contribution in [0.15, 0.2) is 24.5 Å². The fraction of sp³-hybridized carbons (Fsp3) is 0.667. The predicted molar refractivity (Wildman–Crippen MR) is 76.9 cm³/mol. The van der Waals surface area contributed by atoms with E-state index in [2.05, 4.69) is 42.0 Å². The van der Waals surface area contributed by atoms with Crippen molar-refractivity contribution in [3.8, 4) is 0 Å². The molecule has 0 radical (unpaired) electrons. The van der Waals surface area contributed by atoms with Crippen LogP contribution >= 0.6 is 0 Å². The molecule has 0 spiro atoms. The summed E-state index contributed by atoms with van der Waals surface area (Å²) in [5.41, 5.74) is 1.26. The van der Waals surface area contributed by atoms with Crippen molar-refractivity contribution in [1.29, 1.82) is 0 Å². The van der Waals surface area contributed by atoms with Gasteiger partial charge < -0.3 is 10.2 Å². The lowest BCUT2D eigenvalue weighted by Crippen LogP contribution is -2.58. The topological polar surface area (TPSA) is 28.2 Å². The second-order valence-electron chi connectivity index (χ2n) is 5.33. The Kier molecular flexibility index (Phi) is 4.59. The molecule has 2 rings (SSSR count). The minimum absolute atomic E-state index is 0.592. The smallest absolute Gasteiger partial charge is 0.0556 e.